The molecule has 2 rings (SSSR count). The number of carbonyl (C=O) groups is 1. The summed E-state index contributed by atoms with van der Waals surface area (Å²) in [6.07, 6.45) is 0. The summed E-state index contributed by atoms with van der Waals surface area (Å²) in [6.45, 7) is 1.62. The van der Waals surface area contributed by atoms with Crippen LogP contribution in [0.4, 0.5) is 0 Å². The monoisotopic (exact) mass is 237 g/mol. The number of aromatic hydroxyl groups is 1. The molecule has 1 heterocycles. The van der Waals surface area contributed by atoms with Gasteiger partial charge in [0.2, 0.25) is 0 Å². The topological polar surface area (TPSA) is 70.0 Å². The Bertz CT molecular complexity index is 427. The van der Waals surface area contributed by atoms with Crippen molar-refractivity contribution < 1.29 is 19.7 Å². The van der Waals surface area contributed by atoms with Gasteiger partial charge < -0.3 is 14.9 Å². The summed E-state index contributed by atoms with van der Waals surface area (Å²) in [6, 6.07) is 5.31. The Morgan fingerprint density at radius 1 is 1.53 bits per heavy atom. The third-order valence-corrected chi connectivity index (χ3v) is 3.00. The standard InChI is InChI=1S/C12H15NO4/c1-17-10-4-2-3-8(11(10)14)5-13-6-9(7-13)12(15)16/h2-4,9,14H,5-7H2,1H3,(H,15,16). The van der Waals surface area contributed by atoms with E-state index in [1.54, 1.807) is 6.07 Å². The van der Waals surface area contributed by atoms with Crippen LogP contribution in [0, 0.1) is 5.92 Å². The number of methoxy groups -OCH3 is 1. The number of carboxylic acid groups (broad SMARTS) is 1. The normalized spacial score (nSPS) is 16.5. The van der Waals surface area contributed by atoms with Gasteiger partial charge >= 0.3 is 5.97 Å². The average Bonchev–Trinajstić information content (AvgIpc) is 2.24. The highest BCUT2D eigenvalue weighted by molar-refractivity contribution is 5.71. The van der Waals surface area contributed by atoms with Crippen molar-refractivity contribution in [3.8, 4) is 11.5 Å². The molecule has 1 aliphatic rings. The Kier molecular flexibility index (Phi) is 3.19. The number of hydrogen-bond donors (Lipinski definition) is 2. The molecule has 1 aromatic carbocycles. The Morgan fingerprint density at radius 3 is 2.82 bits per heavy atom. The second-order valence-corrected chi connectivity index (χ2v) is 4.20. The van der Waals surface area contributed by atoms with Gasteiger partial charge in [0.25, 0.3) is 0 Å². The number of aliphatic carboxylic acids is 1. The first-order valence-corrected chi connectivity index (χ1v) is 5.42. The van der Waals surface area contributed by atoms with Crippen LogP contribution < -0.4 is 4.74 Å². The summed E-state index contributed by atoms with van der Waals surface area (Å²) in [5.74, 6) is -0.453. The van der Waals surface area contributed by atoms with Gasteiger partial charge in [0.15, 0.2) is 11.5 Å². The van der Waals surface area contributed by atoms with E-state index in [-0.39, 0.29) is 11.7 Å². The number of benzene rings is 1. The Hall–Kier alpha value is -1.75. The number of hydrogen-bond acceptors (Lipinski definition) is 4. The maximum Gasteiger partial charge on any atom is 0.309 e. The fraction of sp³-hybridized carbons (Fsp3) is 0.417. The molecule has 0 aliphatic carbocycles. The van der Waals surface area contributed by atoms with Crippen molar-refractivity contribution in [1.82, 2.24) is 4.90 Å². The summed E-state index contributed by atoms with van der Waals surface area (Å²) >= 11 is 0. The molecular formula is C12H15NO4. The van der Waals surface area contributed by atoms with Crippen LogP contribution in [0.15, 0.2) is 18.2 Å². The van der Waals surface area contributed by atoms with E-state index in [0.717, 1.165) is 5.56 Å². The molecule has 0 atom stereocenters. The lowest BCUT2D eigenvalue weighted by atomic mass is 9.99. The summed E-state index contributed by atoms with van der Waals surface area (Å²) < 4.78 is 5.02. The molecule has 0 spiro atoms. The van der Waals surface area contributed by atoms with Crippen molar-refractivity contribution in [2.75, 3.05) is 20.2 Å². The van der Waals surface area contributed by atoms with E-state index in [9.17, 15) is 9.90 Å². The average molecular weight is 237 g/mol. The van der Waals surface area contributed by atoms with Gasteiger partial charge in [0.05, 0.1) is 13.0 Å². The zero-order chi connectivity index (χ0) is 12.4. The predicted molar refractivity (Wildman–Crippen MR) is 61.1 cm³/mol. The zero-order valence-electron chi connectivity index (χ0n) is 9.59. The third kappa shape index (κ3) is 2.34. The molecular weight excluding hydrogens is 222 g/mol. The number of nitrogens with zero attached hydrogens (tertiary/aromatic N) is 1. The van der Waals surface area contributed by atoms with Crippen LogP contribution in [0.5, 0.6) is 11.5 Å². The summed E-state index contributed by atoms with van der Waals surface area (Å²) in [5, 5.41) is 18.6. The SMILES string of the molecule is COc1cccc(CN2CC(C(=O)O)C2)c1O. The van der Waals surface area contributed by atoms with Gasteiger partial charge in [-0.25, -0.2) is 0 Å². The van der Waals surface area contributed by atoms with Gasteiger partial charge in [-0.05, 0) is 6.07 Å². The minimum absolute atomic E-state index is 0.133. The van der Waals surface area contributed by atoms with Crippen molar-refractivity contribution >= 4 is 5.97 Å². The lowest BCUT2D eigenvalue weighted by molar-refractivity contribution is -0.147. The molecule has 0 bridgehead atoms. The number of phenols is 1. The van der Waals surface area contributed by atoms with E-state index in [2.05, 4.69) is 0 Å². The van der Waals surface area contributed by atoms with Crippen LogP contribution in [-0.2, 0) is 11.3 Å². The molecule has 1 fully saturated rings. The van der Waals surface area contributed by atoms with Crippen molar-refractivity contribution in [3.05, 3.63) is 23.8 Å². The molecule has 0 radical (unpaired) electrons. The van der Waals surface area contributed by atoms with Gasteiger partial charge in [-0.3, -0.25) is 9.69 Å². The van der Waals surface area contributed by atoms with Crippen LogP contribution in [0.1, 0.15) is 5.56 Å². The van der Waals surface area contributed by atoms with Crippen molar-refractivity contribution in [1.29, 1.82) is 0 Å². The van der Waals surface area contributed by atoms with Gasteiger partial charge in [-0.2, -0.15) is 0 Å². The number of carboxylic acids is 1. The van der Waals surface area contributed by atoms with Gasteiger partial charge in [-0.1, -0.05) is 12.1 Å². The molecule has 2 N–H and O–H groups in total. The Labute approximate surface area is 99.2 Å². The van der Waals surface area contributed by atoms with Crippen molar-refractivity contribution in [2.45, 2.75) is 6.54 Å². The maximum absolute atomic E-state index is 10.7. The van der Waals surface area contributed by atoms with E-state index >= 15 is 0 Å². The van der Waals surface area contributed by atoms with Crippen LogP contribution >= 0.6 is 0 Å². The predicted octanol–water partition coefficient (Wildman–Crippen LogP) is 0.917. The number of para-hydroxylation sites is 1. The molecule has 1 saturated heterocycles. The summed E-state index contributed by atoms with van der Waals surface area (Å²) in [5.41, 5.74) is 0.758. The fourth-order valence-corrected chi connectivity index (χ4v) is 1.96. The zero-order valence-corrected chi connectivity index (χ0v) is 9.59. The van der Waals surface area contributed by atoms with Gasteiger partial charge in [0.1, 0.15) is 0 Å². The van der Waals surface area contributed by atoms with E-state index < -0.39 is 5.97 Å². The van der Waals surface area contributed by atoms with Crippen LogP contribution in [-0.4, -0.2) is 41.3 Å². The van der Waals surface area contributed by atoms with E-state index in [0.29, 0.717) is 25.4 Å². The lowest BCUT2D eigenvalue weighted by Crippen LogP contribution is -2.49. The number of likely N-dealkylation sites (tertiary alicyclic amines) is 1. The minimum Gasteiger partial charge on any atom is -0.504 e. The highest BCUT2D eigenvalue weighted by Gasteiger charge is 2.32. The first kappa shape index (κ1) is 11.7. The molecule has 17 heavy (non-hydrogen) atoms. The molecule has 0 amide bonds. The summed E-state index contributed by atoms with van der Waals surface area (Å²) in [7, 11) is 1.50. The van der Waals surface area contributed by atoms with Crippen LogP contribution in [0.2, 0.25) is 0 Å². The highest BCUT2D eigenvalue weighted by Crippen LogP contribution is 2.31. The molecule has 0 aromatic heterocycles. The molecule has 5 heteroatoms. The third-order valence-electron chi connectivity index (χ3n) is 3.00. The van der Waals surface area contributed by atoms with Crippen molar-refractivity contribution in [2.24, 2.45) is 5.92 Å². The maximum atomic E-state index is 10.7. The van der Waals surface area contributed by atoms with Crippen LogP contribution in [0.3, 0.4) is 0 Å². The smallest absolute Gasteiger partial charge is 0.309 e. The Morgan fingerprint density at radius 2 is 2.24 bits per heavy atom. The van der Waals surface area contributed by atoms with Gasteiger partial charge in [-0.15, -0.1) is 0 Å². The highest BCUT2D eigenvalue weighted by atomic mass is 16.5. The van der Waals surface area contributed by atoms with Crippen molar-refractivity contribution in [3.63, 3.8) is 0 Å². The molecule has 0 saturated carbocycles. The Balaban J connectivity index is 1.99. The van der Waals surface area contributed by atoms with Crippen LogP contribution in [0.25, 0.3) is 0 Å². The van der Waals surface area contributed by atoms with E-state index in [1.165, 1.54) is 7.11 Å². The molecule has 0 unspecified atom stereocenters. The first-order valence-electron chi connectivity index (χ1n) is 5.42. The number of rotatable bonds is 4. The van der Waals surface area contributed by atoms with E-state index in [1.807, 2.05) is 17.0 Å². The number of phenolic OH excluding ortho intramolecular Hbond substituents is 1. The lowest BCUT2D eigenvalue weighted by Gasteiger charge is -2.36. The first-order chi connectivity index (χ1) is 8.11. The number of ether oxygens (including phenoxy) is 1. The molecule has 1 aliphatic heterocycles. The minimum atomic E-state index is -0.754. The molecule has 1 aromatic rings. The van der Waals surface area contributed by atoms with E-state index in [4.69, 9.17) is 9.84 Å². The van der Waals surface area contributed by atoms with Gasteiger partial charge in [0, 0.05) is 25.2 Å². The second kappa shape index (κ2) is 4.63. The molecule has 92 valence electrons. The molecule has 5 nitrogen and oxygen atoms in total. The fourth-order valence-electron chi connectivity index (χ4n) is 1.96. The second-order valence-electron chi connectivity index (χ2n) is 4.20. The quantitative estimate of drug-likeness (QED) is 0.814. The summed E-state index contributed by atoms with van der Waals surface area (Å²) in [4.78, 5) is 12.6. The largest absolute Gasteiger partial charge is 0.504 e.